The number of rotatable bonds is 5. The Hall–Kier alpha value is -1.54. The molecule has 0 bridgehead atoms. The van der Waals surface area contributed by atoms with Gasteiger partial charge in [-0.2, -0.15) is 5.10 Å². The summed E-state index contributed by atoms with van der Waals surface area (Å²) < 4.78 is 4.68. The predicted octanol–water partition coefficient (Wildman–Crippen LogP) is 1.98. The molecule has 6 nitrogen and oxygen atoms in total. The number of aryl methyl sites for hydroxylation is 2. The number of aromatic nitrogens is 6. The zero-order valence-corrected chi connectivity index (χ0v) is 12.4. The molecule has 3 aromatic rings. The minimum Gasteiger partial charge on any atom is -0.271 e. The van der Waals surface area contributed by atoms with Crippen molar-refractivity contribution in [3.63, 3.8) is 0 Å². The number of hydrogen-bond donors (Lipinski definition) is 0. The van der Waals surface area contributed by atoms with Crippen molar-refractivity contribution >= 4 is 27.3 Å². The molecule has 0 fully saturated rings. The van der Waals surface area contributed by atoms with Gasteiger partial charge in [-0.25, -0.2) is 4.68 Å². The molecule has 98 valence electrons. The van der Waals surface area contributed by atoms with E-state index in [-0.39, 0.29) is 0 Å². The second-order valence-corrected chi connectivity index (χ2v) is 5.95. The van der Waals surface area contributed by atoms with E-state index in [0.717, 1.165) is 29.8 Å². The van der Waals surface area contributed by atoms with Gasteiger partial charge >= 0.3 is 0 Å². The van der Waals surface area contributed by atoms with Crippen molar-refractivity contribution < 1.29 is 0 Å². The van der Waals surface area contributed by atoms with E-state index >= 15 is 0 Å². The lowest BCUT2D eigenvalue weighted by atomic mass is 10.4. The van der Waals surface area contributed by atoms with E-state index < -0.39 is 0 Å². The Balaban J connectivity index is 1.66. The van der Waals surface area contributed by atoms with Crippen LogP contribution in [0.2, 0.25) is 0 Å². The zero-order chi connectivity index (χ0) is 13.1. The highest BCUT2D eigenvalue weighted by Gasteiger charge is 2.07. The van der Waals surface area contributed by atoms with Gasteiger partial charge in [0.05, 0.1) is 17.2 Å². The van der Waals surface area contributed by atoms with Crippen LogP contribution in [0.15, 0.2) is 34.4 Å². The quantitative estimate of drug-likeness (QED) is 0.713. The van der Waals surface area contributed by atoms with Crippen molar-refractivity contribution in [1.29, 1.82) is 0 Å². The molecule has 8 heteroatoms. The summed E-state index contributed by atoms with van der Waals surface area (Å²) in [5.74, 6) is 0.875. The Morgan fingerprint density at radius 1 is 1.37 bits per heavy atom. The summed E-state index contributed by atoms with van der Waals surface area (Å²) in [7, 11) is 0. The first kappa shape index (κ1) is 12.5. The van der Waals surface area contributed by atoms with Crippen LogP contribution < -0.4 is 0 Å². The standard InChI is InChI=1S/C11H11BrN6S/c12-9-6-13-17(7-9)4-3-11-14-15-16-18(11)8-10-2-1-5-19-10/h1-2,5-7H,3-4,8H2. The lowest BCUT2D eigenvalue weighted by molar-refractivity contribution is 0.562. The van der Waals surface area contributed by atoms with Crippen molar-refractivity contribution in [2.24, 2.45) is 0 Å². The molecule has 19 heavy (non-hydrogen) atoms. The SMILES string of the molecule is Brc1cnn(CCc2nnnn2Cc2cccs2)c1. The van der Waals surface area contributed by atoms with E-state index in [1.165, 1.54) is 4.88 Å². The molecule has 0 saturated heterocycles. The monoisotopic (exact) mass is 338 g/mol. The summed E-state index contributed by atoms with van der Waals surface area (Å²) >= 11 is 5.09. The molecule has 0 aliphatic heterocycles. The van der Waals surface area contributed by atoms with Gasteiger partial charge in [0.15, 0.2) is 5.82 Å². The van der Waals surface area contributed by atoms with Crippen molar-refractivity contribution in [2.75, 3.05) is 0 Å². The third-order valence-corrected chi connectivity index (χ3v) is 3.93. The molecule has 3 heterocycles. The summed E-state index contributed by atoms with van der Waals surface area (Å²) in [4.78, 5) is 1.25. The van der Waals surface area contributed by atoms with E-state index in [0.29, 0.717) is 0 Å². The molecule has 0 radical (unpaired) electrons. The van der Waals surface area contributed by atoms with Gasteiger partial charge in [0.25, 0.3) is 0 Å². The van der Waals surface area contributed by atoms with Crippen LogP contribution in [-0.4, -0.2) is 30.0 Å². The van der Waals surface area contributed by atoms with Gasteiger partial charge in [0.2, 0.25) is 0 Å². The van der Waals surface area contributed by atoms with E-state index in [4.69, 9.17) is 0 Å². The largest absolute Gasteiger partial charge is 0.271 e. The Morgan fingerprint density at radius 3 is 3.05 bits per heavy atom. The number of hydrogen-bond acceptors (Lipinski definition) is 5. The molecule has 0 N–H and O–H groups in total. The van der Waals surface area contributed by atoms with Crippen molar-refractivity contribution in [3.8, 4) is 0 Å². The highest BCUT2D eigenvalue weighted by atomic mass is 79.9. The predicted molar refractivity (Wildman–Crippen MR) is 74.9 cm³/mol. The summed E-state index contributed by atoms with van der Waals surface area (Å²) in [6.45, 7) is 1.49. The first-order chi connectivity index (χ1) is 9.31. The first-order valence-corrected chi connectivity index (χ1v) is 7.44. The fraction of sp³-hybridized carbons (Fsp3) is 0.273. The van der Waals surface area contributed by atoms with Crippen molar-refractivity contribution in [3.05, 3.63) is 45.1 Å². The third kappa shape index (κ3) is 3.07. The van der Waals surface area contributed by atoms with E-state index in [1.54, 1.807) is 17.5 Å². The highest BCUT2D eigenvalue weighted by Crippen LogP contribution is 2.11. The van der Waals surface area contributed by atoms with Crippen LogP contribution in [0.3, 0.4) is 0 Å². The molecule has 0 atom stereocenters. The second-order valence-electron chi connectivity index (χ2n) is 4.00. The molecule has 0 aliphatic rings. The maximum absolute atomic E-state index is 4.21. The average molecular weight is 339 g/mol. The Morgan fingerprint density at radius 2 is 2.32 bits per heavy atom. The van der Waals surface area contributed by atoms with Gasteiger partial charge in [0.1, 0.15) is 0 Å². The number of thiophene rings is 1. The lowest BCUT2D eigenvalue weighted by Gasteiger charge is -2.03. The molecule has 0 spiro atoms. The minimum absolute atomic E-state index is 0.725. The topological polar surface area (TPSA) is 61.4 Å². The van der Waals surface area contributed by atoms with Gasteiger partial charge in [-0.15, -0.1) is 16.4 Å². The second kappa shape index (κ2) is 5.62. The summed E-state index contributed by atoms with van der Waals surface area (Å²) in [5.41, 5.74) is 0. The Kier molecular flexibility index (Phi) is 3.69. The lowest BCUT2D eigenvalue weighted by Crippen LogP contribution is -2.10. The van der Waals surface area contributed by atoms with Crippen LogP contribution in [0, 0.1) is 0 Å². The van der Waals surface area contributed by atoms with Crippen LogP contribution in [0.5, 0.6) is 0 Å². The smallest absolute Gasteiger partial charge is 0.153 e. The summed E-state index contributed by atoms with van der Waals surface area (Å²) in [6.07, 6.45) is 4.47. The molecular formula is C11H11BrN6S. The molecule has 0 aromatic carbocycles. The summed E-state index contributed by atoms with van der Waals surface area (Å²) in [5, 5.41) is 18.1. The van der Waals surface area contributed by atoms with Gasteiger partial charge in [-0.1, -0.05) is 6.07 Å². The van der Waals surface area contributed by atoms with E-state index in [9.17, 15) is 0 Å². The van der Waals surface area contributed by atoms with Crippen LogP contribution in [0.1, 0.15) is 10.7 Å². The maximum atomic E-state index is 4.21. The fourth-order valence-corrected chi connectivity index (χ4v) is 2.76. The van der Waals surface area contributed by atoms with Gasteiger partial charge in [-0.3, -0.25) is 4.68 Å². The van der Waals surface area contributed by atoms with Gasteiger partial charge in [-0.05, 0) is 37.8 Å². The van der Waals surface area contributed by atoms with Crippen LogP contribution in [-0.2, 0) is 19.5 Å². The fourth-order valence-electron chi connectivity index (χ4n) is 1.75. The molecule has 0 saturated carbocycles. The molecule has 0 amide bonds. The number of nitrogens with zero attached hydrogens (tertiary/aromatic N) is 6. The van der Waals surface area contributed by atoms with Crippen LogP contribution >= 0.6 is 27.3 Å². The van der Waals surface area contributed by atoms with Crippen molar-refractivity contribution in [1.82, 2.24) is 30.0 Å². The number of tetrazole rings is 1. The van der Waals surface area contributed by atoms with E-state index in [1.807, 2.05) is 21.6 Å². The highest BCUT2D eigenvalue weighted by molar-refractivity contribution is 9.10. The van der Waals surface area contributed by atoms with E-state index in [2.05, 4.69) is 48.0 Å². The molecule has 0 aliphatic carbocycles. The van der Waals surface area contributed by atoms with Crippen LogP contribution in [0.25, 0.3) is 0 Å². The van der Waals surface area contributed by atoms with Crippen LogP contribution in [0.4, 0.5) is 0 Å². The third-order valence-electron chi connectivity index (χ3n) is 2.66. The average Bonchev–Trinajstić information content (AvgIpc) is 3.10. The molecular weight excluding hydrogens is 328 g/mol. The Bertz CT molecular complexity index is 644. The minimum atomic E-state index is 0.725. The first-order valence-electron chi connectivity index (χ1n) is 5.76. The van der Waals surface area contributed by atoms with Gasteiger partial charge in [0, 0.05) is 24.0 Å². The molecule has 3 rings (SSSR count). The normalized spacial score (nSPS) is 11.0. The number of halogens is 1. The van der Waals surface area contributed by atoms with Crippen molar-refractivity contribution in [2.45, 2.75) is 19.5 Å². The molecule has 0 unspecified atom stereocenters. The molecule has 3 aromatic heterocycles. The zero-order valence-electron chi connectivity index (χ0n) is 9.98. The summed E-state index contributed by atoms with van der Waals surface area (Å²) in [6, 6.07) is 4.12. The van der Waals surface area contributed by atoms with Gasteiger partial charge < -0.3 is 0 Å². The Labute approximate surface area is 122 Å². The maximum Gasteiger partial charge on any atom is 0.153 e.